The minimum atomic E-state index is -4.18. The monoisotopic (exact) mass is 563 g/mol. The van der Waals surface area contributed by atoms with E-state index in [2.05, 4.69) is 15.3 Å². The van der Waals surface area contributed by atoms with Crippen LogP contribution in [0.1, 0.15) is 52.2 Å². The zero-order valence-electron chi connectivity index (χ0n) is 22.1. The number of hydrogen-bond donors (Lipinski definition) is 2. The number of pyridine rings is 1. The molecular weight excluding hydrogens is 535 g/mol. The molecule has 6 rings (SSSR count). The van der Waals surface area contributed by atoms with Crippen molar-refractivity contribution in [2.24, 2.45) is 0 Å². The molecular formula is C30H28F3N5O3. The van der Waals surface area contributed by atoms with E-state index in [4.69, 9.17) is 0 Å². The maximum atomic E-state index is 12.9. The summed E-state index contributed by atoms with van der Waals surface area (Å²) < 4.78 is 39.7. The van der Waals surface area contributed by atoms with Crippen LogP contribution in [0.3, 0.4) is 0 Å². The average molecular weight is 564 g/mol. The molecule has 8 nitrogen and oxygen atoms in total. The predicted octanol–water partition coefficient (Wildman–Crippen LogP) is 5.45. The molecule has 41 heavy (non-hydrogen) atoms. The topological polar surface area (TPSA) is 100 Å². The first-order valence-corrected chi connectivity index (χ1v) is 13.6. The number of alkyl halides is 3. The van der Waals surface area contributed by atoms with Gasteiger partial charge in [0.1, 0.15) is 5.56 Å². The molecule has 0 unspecified atom stereocenters. The first-order valence-electron chi connectivity index (χ1n) is 13.6. The second kappa shape index (κ2) is 10.6. The van der Waals surface area contributed by atoms with Gasteiger partial charge >= 0.3 is 12.1 Å². The molecule has 2 aliphatic rings. The number of carboxylic acids is 1. The summed E-state index contributed by atoms with van der Waals surface area (Å²) in [5, 5.41) is 12.9. The number of benzene rings is 2. The second-order valence-electron chi connectivity index (χ2n) is 10.7. The number of likely N-dealkylation sites (tertiary alicyclic amines) is 1. The van der Waals surface area contributed by atoms with Crippen molar-refractivity contribution in [2.45, 2.75) is 44.2 Å². The molecule has 3 heterocycles. The van der Waals surface area contributed by atoms with Crippen LogP contribution in [0.25, 0.3) is 16.7 Å². The van der Waals surface area contributed by atoms with Gasteiger partial charge in [0, 0.05) is 23.8 Å². The van der Waals surface area contributed by atoms with Gasteiger partial charge in [0.15, 0.2) is 5.65 Å². The summed E-state index contributed by atoms with van der Waals surface area (Å²) in [5.41, 5.74) is 4.23. The molecule has 212 valence electrons. The van der Waals surface area contributed by atoms with E-state index >= 15 is 0 Å². The molecule has 0 atom stereocenters. The van der Waals surface area contributed by atoms with Crippen molar-refractivity contribution in [3.05, 3.63) is 87.3 Å². The van der Waals surface area contributed by atoms with Crippen LogP contribution in [0.4, 0.5) is 24.8 Å². The van der Waals surface area contributed by atoms with Crippen LogP contribution in [-0.4, -0.2) is 56.3 Å². The summed E-state index contributed by atoms with van der Waals surface area (Å²) in [5.74, 6) is -0.890. The van der Waals surface area contributed by atoms with Gasteiger partial charge in [-0.15, -0.1) is 0 Å². The van der Waals surface area contributed by atoms with Gasteiger partial charge < -0.3 is 15.0 Å². The summed E-state index contributed by atoms with van der Waals surface area (Å²) >= 11 is 0. The molecule has 1 aliphatic carbocycles. The van der Waals surface area contributed by atoms with Crippen LogP contribution in [0.5, 0.6) is 0 Å². The number of aryl methyl sites for hydroxylation is 2. The van der Waals surface area contributed by atoms with Crippen molar-refractivity contribution >= 4 is 28.6 Å². The largest absolute Gasteiger partial charge is 0.477 e. The molecule has 11 heteroatoms. The van der Waals surface area contributed by atoms with E-state index in [1.54, 1.807) is 4.57 Å². The molecule has 0 saturated carbocycles. The Kier molecular flexibility index (Phi) is 6.98. The number of fused-ring (bicyclic) bond motifs is 2. The SMILES string of the molecule is O=C(O)c1cn(-c2ccc3c(c2)CCC3)c2nc(Nc3ccc(C4CCN(CC(F)(F)F)CC4)cc3)ncc2c1=O. The maximum Gasteiger partial charge on any atom is 0.401 e. The number of anilines is 2. The van der Waals surface area contributed by atoms with E-state index in [0.29, 0.717) is 37.3 Å². The molecule has 1 saturated heterocycles. The van der Waals surface area contributed by atoms with Crippen molar-refractivity contribution in [3.8, 4) is 5.69 Å². The van der Waals surface area contributed by atoms with Crippen LogP contribution in [0.2, 0.25) is 0 Å². The number of carbonyl (C=O) groups is 1. The summed E-state index contributed by atoms with van der Waals surface area (Å²) in [6.45, 7) is -0.0541. The lowest BCUT2D eigenvalue weighted by atomic mass is 9.89. The lowest BCUT2D eigenvalue weighted by molar-refractivity contribution is -0.147. The molecule has 0 amide bonds. The first-order chi connectivity index (χ1) is 19.6. The fraction of sp³-hybridized carbons (Fsp3) is 0.333. The lowest BCUT2D eigenvalue weighted by Crippen LogP contribution is -2.39. The minimum Gasteiger partial charge on any atom is -0.477 e. The Labute approximate surface area is 233 Å². The van der Waals surface area contributed by atoms with Crippen LogP contribution in [0.15, 0.2) is 59.7 Å². The van der Waals surface area contributed by atoms with Crippen LogP contribution < -0.4 is 10.7 Å². The van der Waals surface area contributed by atoms with Gasteiger partial charge in [-0.05, 0) is 92.1 Å². The number of nitrogens with one attached hydrogen (secondary N) is 1. The van der Waals surface area contributed by atoms with Gasteiger partial charge in [0.05, 0.1) is 11.9 Å². The average Bonchev–Trinajstić information content (AvgIpc) is 3.41. The number of hydrogen-bond acceptors (Lipinski definition) is 6. The van der Waals surface area contributed by atoms with E-state index in [9.17, 15) is 27.9 Å². The van der Waals surface area contributed by atoms with Gasteiger partial charge in [-0.25, -0.2) is 9.78 Å². The number of carboxylic acid groups (broad SMARTS) is 1. The molecule has 2 N–H and O–H groups in total. The highest BCUT2D eigenvalue weighted by atomic mass is 19.4. The quantitative estimate of drug-likeness (QED) is 0.322. The Morgan fingerprint density at radius 3 is 2.49 bits per heavy atom. The van der Waals surface area contributed by atoms with Crippen molar-refractivity contribution in [1.82, 2.24) is 19.4 Å². The Morgan fingerprint density at radius 1 is 1.05 bits per heavy atom. The third-order valence-corrected chi connectivity index (χ3v) is 7.96. The summed E-state index contributed by atoms with van der Waals surface area (Å²) in [6.07, 6.45) is 2.81. The number of piperidine rings is 1. The van der Waals surface area contributed by atoms with Crippen LogP contribution in [0, 0.1) is 0 Å². The molecule has 0 radical (unpaired) electrons. The molecule has 0 spiro atoms. The summed E-state index contributed by atoms with van der Waals surface area (Å²) in [7, 11) is 0. The standard InChI is InChI=1S/C30H28F3N5O3/c31-30(32,33)17-37-12-10-20(11-13-37)19-4-7-22(8-5-19)35-29-34-15-24-26(39)25(28(40)41)16-38(27(24)36-29)23-9-6-18-2-1-3-21(18)14-23/h4-9,14-16,20H,1-3,10-13,17H2,(H,40,41)(H,34,35,36). The van der Waals surface area contributed by atoms with E-state index in [-0.39, 0.29) is 28.5 Å². The highest BCUT2D eigenvalue weighted by molar-refractivity contribution is 5.92. The lowest BCUT2D eigenvalue weighted by Gasteiger charge is -2.32. The second-order valence-corrected chi connectivity index (χ2v) is 10.7. The third kappa shape index (κ3) is 5.67. The molecule has 1 aliphatic heterocycles. The van der Waals surface area contributed by atoms with Gasteiger partial charge in [-0.3, -0.25) is 9.69 Å². The molecule has 1 fully saturated rings. The number of halogens is 3. The van der Waals surface area contributed by atoms with Crippen molar-refractivity contribution in [1.29, 1.82) is 0 Å². The minimum absolute atomic E-state index is 0.100. The van der Waals surface area contributed by atoms with E-state index in [0.717, 1.165) is 24.8 Å². The highest BCUT2D eigenvalue weighted by Crippen LogP contribution is 2.31. The van der Waals surface area contributed by atoms with Gasteiger partial charge in [0.25, 0.3) is 0 Å². The zero-order chi connectivity index (χ0) is 28.7. The molecule has 2 aromatic heterocycles. The number of rotatable bonds is 6. The Hall–Kier alpha value is -4.25. The highest BCUT2D eigenvalue weighted by Gasteiger charge is 2.32. The fourth-order valence-electron chi connectivity index (χ4n) is 5.87. The van der Waals surface area contributed by atoms with E-state index < -0.39 is 24.1 Å². The summed E-state index contributed by atoms with van der Waals surface area (Å²) in [6, 6.07) is 13.6. The maximum absolute atomic E-state index is 12.9. The molecule has 2 aromatic carbocycles. The number of aromatic nitrogens is 3. The smallest absolute Gasteiger partial charge is 0.401 e. The van der Waals surface area contributed by atoms with Crippen LogP contribution in [-0.2, 0) is 12.8 Å². The Bertz CT molecular complexity index is 1680. The van der Waals surface area contributed by atoms with Crippen molar-refractivity contribution in [2.75, 3.05) is 25.0 Å². The molecule has 4 aromatic rings. The first kappa shape index (κ1) is 26.9. The fourth-order valence-corrected chi connectivity index (χ4v) is 5.87. The Morgan fingerprint density at radius 2 is 1.78 bits per heavy atom. The third-order valence-electron chi connectivity index (χ3n) is 7.96. The van der Waals surface area contributed by atoms with E-state index in [1.807, 2.05) is 42.5 Å². The summed E-state index contributed by atoms with van der Waals surface area (Å²) in [4.78, 5) is 35.1. The number of aromatic carboxylic acids is 1. The van der Waals surface area contributed by atoms with Gasteiger partial charge in [-0.2, -0.15) is 18.2 Å². The van der Waals surface area contributed by atoms with Gasteiger partial charge in [0.2, 0.25) is 11.4 Å². The predicted molar refractivity (Wildman–Crippen MR) is 148 cm³/mol. The van der Waals surface area contributed by atoms with Crippen molar-refractivity contribution in [3.63, 3.8) is 0 Å². The van der Waals surface area contributed by atoms with Crippen molar-refractivity contribution < 1.29 is 23.1 Å². The Balaban J connectivity index is 1.26. The number of nitrogens with zero attached hydrogens (tertiary/aromatic N) is 4. The molecule has 0 bridgehead atoms. The normalized spacial score (nSPS) is 16.2. The van der Waals surface area contributed by atoms with E-state index in [1.165, 1.54) is 28.4 Å². The van der Waals surface area contributed by atoms with Gasteiger partial charge in [-0.1, -0.05) is 18.2 Å². The van der Waals surface area contributed by atoms with Crippen LogP contribution >= 0.6 is 0 Å². The zero-order valence-corrected chi connectivity index (χ0v) is 22.1.